The predicted molar refractivity (Wildman–Crippen MR) is 72.5 cm³/mol. The largest absolute Gasteiger partial charge is 0.506 e. The highest BCUT2D eigenvalue weighted by molar-refractivity contribution is 6.32. The molecule has 0 amide bonds. The van der Waals surface area contributed by atoms with Gasteiger partial charge in [0.2, 0.25) is 0 Å². The molecule has 1 aliphatic heterocycles. The van der Waals surface area contributed by atoms with Gasteiger partial charge in [-0.25, -0.2) is 0 Å². The van der Waals surface area contributed by atoms with Crippen molar-refractivity contribution in [2.75, 3.05) is 18.9 Å². The number of halogens is 1. The molecule has 1 aromatic carbocycles. The molecule has 1 heterocycles. The Balaban J connectivity index is 2.05. The highest BCUT2D eigenvalue weighted by Crippen LogP contribution is 2.35. The molecular formula is C13H18ClNO4. The van der Waals surface area contributed by atoms with E-state index in [2.05, 4.69) is 0 Å². The van der Waals surface area contributed by atoms with E-state index in [-0.39, 0.29) is 17.4 Å². The van der Waals surface area contributed by atoms with Crippen molar-refractivity contribution in [2.45, 2.75) is 32.2 Å². The Morgan fingerprint density at radius 1 is 1.42 bits per heavy atom. The minimum absolute atomic E-state index is 0.0695. The molecule has 5 nitrogen and oxygen atoms in total. The summed E-state index contributed by atoms with van der Waals surface area (Å²) in [6.07, 6.45) is 0. The topological polar surface area (TPSA) is 73.9 Å². The van der Waals surface area contributed by atoms with Crippen LogP contribution in [0.25, 0.3) is 0 Å². The molecule has 3 N–H and O–H groups in total. The fourth-order valence-electron chi connectivity index (χ4n) is 1.96. The standard InChI is InChI=1S/C13H18ClNO4/c1-12(2)18-7-13(3,19-12)6-17-11-5-10(16)8(14)4-9(11)15/h4-5,16H,6-7,15H2,1-3H3. The van der Waals surface area contributed by atoms with E-state index in [0.29, 0.717) is 18.0 Å². The number of nitrogen functional groups attached to an aromatic ring is 1. The summed E-state index contributed by atoms with van der Waals surface area (Å²) >= 11 is 5.75. The van der Waals surface area contributed by atoms with Crippen LogP contribution in [-0.4, -0.2) is 29.7 Å². The number of ether oxygens (including phenoxy) is 3. The fraction of sp³-hybridized carbons (Fsp3) is 0.538. The van der Waals surface area contributed by atoms with Crippen molar-refractivity contribution < 1.29 is 19.3 Å². The van der Waals surface area contributed by atoms with Crippen LogP contribution in [0.1, 0.15) is 20.8 Å². The van der Waals surface area contributed by atoms with Crippen LogP contribution in [-0.2, 0) is 9.47 Å². The van der Waals surface area contributed by atoms with Gasteiger partial charge in [0, 0.05) is 6.07 Å². The predicted octanol–water partition coefficient (Wildman–Crippen LogP) is 2.55. The molecule has 1 aliphatic rings. The average Bonchev–Trinajstić information content (AvgIpc) is 2.57. The van der Waals surface area contributed by atoms with E-state index < -0.39 is 11.4 Å². The molecule has 0 aliphatic carbocycles. The molecule has 1 atom stereocenters. The Morgan fingerprint density at radius 2 is 2.11 bits per heavy atom. The molecule has 0 saturated carbocycles. The number of phenolic OH excluding ortho intramolecular Hbond substituents is 1. The fourth-order valence-corrected chi connectivity index (χ4v) is 2.14. The average molecular weight is 288 g/mol. The van der Waals surface area contributed by atoms with Crippen LogP contribution in [0.2, 0.25) is 5.02 Å². The first-order chi connectivity index (χ1) is 8.71. The second-order valence-corrected chi connectivity index (χ2v) is 5.78. The lowest BCUT2D eigenvalue weighted by Gasteiger charge is -2.25. The van der Waals surface area contributed by atoms with Crippen molar-refractivity contribution in [3.05, 3.63) is 17.2 Å². The molecule has 2 rings (SSSR count). The summed E-state index contributed by atoms with van der Waals surface area (Å²) in [6, 6.07) is 2.84. The number of rotatable bonds is 3. The Hall–Kier alpha value is -1.17. The molecule has 1 fully saturated rings. The summed E-state index contributed by atoms with van der Waals surface area (Å²) in [5.41, 5.74) is 5.59. The van der Waals surface area contributed by atoms with E-state index in [4.69, 9.17) is 31.5 Å². The lowest BCUT2D eigenvalue weighted by atomic mass is 10.1. The Bertz CT molecular complexity index is 492. The molecule has 0 aromatic heterocycles. The Morgan fingerprint density at radius 3 is 2.68 bits per heavy atom. The van der Waals surface area contributed by atoms with Crippen LogP contribution in [0.5, 0.6) is 11.5 Å². The number of anilines is 1. The number of phenols is 1. The third kappa shape index (κ3) is 3.23. The molecule has 6 heteroatoms. The van der Waals surface area contributed by atoms with Gasteiger partial charge >= 0.3 is 0 Å². The van der Waals surface area contributed by atoms with Crippen molar-refractivity contribution in [3.8, 4) is 11.5 Å². The number of benzene rings is 1. The van der Waals surface area contributed by atoms with Gasteiger partial charge in [0.15, 0.2) is 5.79 Å². The van der Waals surface area contributed by atoms with Crippen LogP contribution in [0.15, 0.2) is 12.1 Å². The summed E-state index contributed by atoms with van der Waals surface area (Å²) in [4.78, 5) is 0. The van der Waals surface area contributed by atoms with E-state index in [1.54, 1.807) is 0 Å². The smallest absolute Gasteiger partial charge is 0.163 e. The van der Waals surface area contributed by atoms with Crippen molar-refractivity contribution in [1.82, 2.24) is 0 Å². The third-order valence-corrected chi connectivity index (χ3v) is 3.13. The van der Waals surface area contributed by atoms with Gasteiger partial charge < -0.3 is 25.1 Å². The van der Waals surface area contributed by atoms with Crippen LogP contribution < -0.4 is 10.5 Å². The summed E-state index contributed by atoms with van der Waals surface area (Å²) in [7, 11) is 0. The van der Waals surface area contributed by atoms with E-state index in [9.17, 15) is 5.11 Å². The summed E-state index contributed by atoms with van der Waals surface area (Å²) in [5.74, 6) is -0.317. The number of nitrogens with two attached hydrogens (primary N) is 1. The Kier molecular flexibility index (Phi) is 3.55. The van der Waals surface area contributed by atoms with E-state index in [0.717, 1.165) is 0 Å². The lowest BCUT2D eigenvalue weighted by Crippen LogP contribution is -2.37. The van der Waals surface area contributed by atoms with Crippen molar-refractivity contribution in [2.24, 2.45) is 0 Å². The minimum atomic E-state index is -0.619. The quantitative estimate of drug-likeness (QED) is 0.660. The summed E-state index contributed by atoms with van der Waals surface area (Å²) in [6.45, 7) is 6.29. The molecule has 0 radical (unpaired) electrons. The molecule has 1 aromatic rings. The summed E-state index contributed by atoms with van der Waals surface area (Å²) in [5, 5.41) is 9.73. The van der Waals surface area contributed by atoms with Gasteiger partial charge in [0.1, 0.15) is 23.7 Å². The second-order valence-electron chi connectivity index (χ2n) is 5.37. The highest BCUT2D eigenvalue weighted by Gasteiger charge is 2.42. The van der Waals surface area contributed by atoms with Gasteiger partial charge in [-0.3, -0.25) is 0 Å². The maximum absolute atomic E-state index is 9.54. The number of aromatic hydroxyl groups is 1. The molecule has 1 unspecified atom stereocenters. The second kappa shape index (κ2) is 4.74. The first-order valence-electron chi connectivity index (χ1n) is 5.96. The van der Waals surface area contributed by atoms with E-state index in [1.165, 1.54) is 12.1 Å². The zero-order valence-corrected chi connectivity index (χ0v) is 12.0. The maximum Gasteiger partial charge on any atom is 0.163 e. The number of hydrogen-bond acceptors (Lipinski definition) is 5. The zero-order valence-electron chi connectivity index (χ0n) is 11.2. The van der Waals surface area contributed by atoms with Gasteiger partial charge in [-0.05, 0) is 26.8 Å². The molecule has 0 spiro atoms. The third-order valence-electron chi connectivity index (χ3n) is 2.83. The normalized spacial score (nSPS) is 25.5. The van der Waals surface area contributed by atoms with Gasteiger partial charge in [-0.1, -0.05) is 11.6 Å². The van der Waals surface area contributed by atoms with Gasteiger partial charge in [0.05, 0.1) is 17.3 Å². The Labute approximate surface area is 117 Å². The van der Waals surface area contributed by atoms with Crippen LogP contribution in [0.4, 0.5) is 5.69 Å². The minimum Gasteiger partial charge on any atom is -0.506 e. The van der Waals surface area contributed by atoms with Crippen molar-refractivity contribution in [1.29, 1.82) is 0 Å². The van der Waals surface area contributed by atoms with E-state index >= 15 is 0 Å². The highest BCUT2D eigenvalue weighted by atomic mass is 35.5. The molecule has 1 saturated heterocycles. The molecule has 19 heavy (non-hydrogen) atoms. The first kappa shape index (κ1) is 14.2. The molecule has 0 bridgehead atoms. The van der Waals surface area contributed by atoms with Crippen LogP contribution in [0, 0.1) is 0 Å². The van der Waals surface area contributed by atoms with E-state index in [1.807, 2.05) is 20.8 Å². The zero-order chi connectivity index (χ0) is 14.3. The SMILES string of the molecule is CC1(COc2cc(O)c(Cl)cc2N)COC(C)(C)O1. The first-order valence-corrected chi connectivity index (χ1v) is 6.33. The monoisotopic (exact) mass is 287 g/mol. The maximum atomic E-state index is 9.54. The van der Waals surface area contributed by atoms with Gasteiger partial charge in [-0.2, -0.15) is 0 Å². The van der Waals surface area contributed by atoms with Crippen molar-refractivity contribution in [3.63, 3.8) is 0 Å². The van der Waals surface area contributed by atoms with Crippen LogP contribution >= 0.6 is 11.6 Å². The van der Waals surface area contributed by atoms with Crippen LogP contribution in [0.3, 0.4) is 0 Å². The summed E-state index contributed by atoms with van der Waals surface area (Å²) < 4.78 is 16.9. The lowest BCUT2D eigenvalue weighted by molar-refractivity contribution is -0.162. The van der Waals surface area contributed by atoms with Gasteiger partial charge in [-0.15, -0.1) is 0 Å². The van der Waals surface area contributed by atoms with Gasteiger partial charge in [0.25, 0.3) is 0 Å². The number of hydrogen-bond donors (Lipinski definition) is 2. The molecule has 106 valence electrons. The van der Waals surface area contributed by atoms with Crippen molar-refractivity contribution >= 4 is 17.3 Å². The molecular weight excluding hydrogens is 270 g/mol.